The number of amides is 1. The maximum atomic E-state index is 11.7. The summed E-state index contributed by atoms with van der Waals surface area (Å²) in [4.78, 5) is 15.7. The highest BCUT2D eigenvalue weighted by molar-refractivity contribution is 9.10. The van der Waals surface area contributed by atoms with Crippen LogP contribution in [0.2, 0.25) is 0 Å². The van der Waals surface area contributed by atoms with Gasteiger partial charge in [-0.15, -0.1) is 0 Å². The third kappa shape index (κ3) is 6.12. The standard InChI is InChI=1S/C13H19BrN2O2/c1-10(2)18-8-4-3-7-15-13(17)12-6-5-11(14)9-16-12/h5-6,9-10H,3-4,7-8H2,1-2H3,(H,15,17). The molecule has 0 saturated carbocycles. The fraction of sp³-hybridized carbons (Fsp3) is 0.538. The second-order valence-electron chi connectivity index (χ2n) is 4.24. The fourth-order valence-corrected chi connectivity index (χ4v) is 1.58. The van der Waals surface area contributed by atoms with E-state index in [0.717, 1.165) is 23.9 Å². The number of halogens is 1. The molecule has 0 saturated heterocycles. The number of nitrogens with one attached hydrogen (secondary N) is 1. The molecule has 1 aromatic rings. The Balaban J connectivity index is 2.16. The zero-order valence-corrected chi connectivity index (χ0v) is 12.4. The Hall–Kier alpha value is -0.940. The maximum absolute atomic E-state index is 11.7. The number of carbonyl (C=O) groups excluding carboxylic acids is 1. The Kier molecular flexibility index (Phi) is 6.90. The van der Waals surface area contributed by atoms with Gasteiger partial charge < -0.3 is 10.1 Å². The van der Waals surface area contributed by atoms with Crippen molar-refractivity contribution in [1.82, 2.24) is 10.3 Å². The number of pyridine rings is 1. The summed E-state index contributed by atoms with van der Waals surface area (Å²) in [6, 6.07) is 3.50. The zero-order chi connectivity index (χ0) is 13.4. The first-order chi connectivity index (χ1) is 8.59. The molecule has 1 rings (SSSR count). The van der Waals surface area contributed by atoms with E-state index in [9.17, 15) is 4.79 Å². The van der Waals surface area contributed by atoms with Crippen molar-refractivity contribution in [2.75, 3.05) is 13.2 Å². The van der Waals surface area contributed by atoms with Crippen LogP contribution < -0.4 is 5.32 Å². The molecule has 1 aromatic heterocycles. The number of rotatable bonds is 7. The van der Waals surface area contributed by atoms with E-state index >= 15 is 0 Å². The molecule has 1 N–H and O–H groups in total. The summed E-state index contributed by atoms with van der Waals surface area (Å²) in [7, 11) is 0. The van der Waals surface area contributed by atoms with Gasteiger partial charge in [-0.1, -0.05) is 0 Å². The Bertz CT molecular complexity index is 366. The molecule has 0 aliphatic rings. The van der Waals surface area contributed by atoms with Gasteiger partial charge in [0.1, 0.15) is 5.69 Å². The highest BCUT2D eigenvalue weighted by atomic mass is 79.9. The quantitative estimate of drug-likeness (QED) is 0.787. The summed E-state index contributed by atoms with van der Waals surface area (Å²) >= 11 is 3.28. The monoisotopic (exact) mass is 314 g/mol. The van der Waals surface area contributed by atoms with E-state index in [1.54, 1.807) is 18.3 Å². The van der Waals surface area contributed by atoms with Crippen LogP contribution in [0.25, 0.3) is 0 Å². The molecule has 0 radical (unpaired) electrons. The molecule has 4 nitrogen and oxygen atoms in total. The molecule has 0 aromatic carbocycles. The van der Waals surface area contributed by atoms with Gasteiger partial charge in [-0.05, 0) is 54.8 Å². The van der Waals surface area contributed by atoms with Crippen molar-refractivity contribution < 1.29 is 9.53 Å². The van der Waals surface area contributed by atoms with Gasteiger partial charge in [-0.3, -0.25) is 4.79 Å². The number of carbonyl (C=O) groups is 1. The van der Waals surface area contributed by atoms with E-state index in [4.69, 9.17) is 4.74 Å². The van der Waals surface area contributed by atoms with Gasteiger partial charge in [-0.25, -0.2) is 4.98 Å². The summed E-state index contributed by atoms with van der Waals surface area (Å²) in [5, 5.41) is 2.83. The van der Waals surface area contributed by atoms with Gasteiger partial charge in [0.2, 0.25) is 0 Å². The number of unbranched alkanes of at least 4 members (excludes halogenated alkanes) is 1. The van der Waals surface area contributed by atoms with Gasteiger partial charge in [-0.2, -0.15) is 0 Å². The molecule has 0 atom stereocenters. The molecule has 0 bridgehead atoms. The lowest BCUT2D eigenvalue weighted by Gasteiger charge is -2.07. The number of aromatic nitrogens is 1. The van der Waals surface area contributed by atoms with Crippen molar-refractivity contribution in [1.29, 1.82) is 0 Å². The van der Waals surface area contributed by atoms with E-state index < -0.39 is 0 Å². The Labute approximate surface area is 116 Å². The summed E-state index contributed by atoms with van der Waals surface area (Å²) in [5.74, 6) is -0.132. The topological polar surface area (TPSA) is 51.2 Å². The van der Waals surface area contributed by atoms with Crippen LogP contribution in [0.15, 0.2) is 22.8 Å². The van der Waals surface area contributed by atoms with Gasteiger partial charge in [0.25, 0.3) is 5.91 Å². The van der Waals surface area contributed by atoms with E-state index in [2.05, 4.69) is 26.2 Å². The normalized spacial score (nSPS) is 10.7. The van der Waals surface area contributed by atoms with E-state index in [1.165, 1.54) is 0 Å². The van der Waals surface area contributed by atoms with Crippen LogP contribution in [0.1, 0.15) is 37.2 Å². The first-order valence-corrected chi connectivity index (χ1v) is 6.90. The highest BCUT2D eigenvalue weighted by Gasteiger charge is 2.05. The van der Waals surface area contributed by atoms with E-state index in [1.807, 2.05) is 13.8 Å². The third-order valence-corrected chi connectivity index (χ3v) is 2.74. The zero-order valence-electron chi connectivity index (χ0n) is 10.8. The summed E-state index contributed by atoms with van der Waals surface area (Å²) in [5.41, 5.74) is 0.441. The third-order valence-electron chi connectivity index (χ3n) is 2.27. The molecule has 18 heavy (non-hydrogen) atoms. The number of hydrogen-bond donors (Lipinski definition) is 1. The van der Waals surface area contributed by atoms with Crippen LogP contribution in [0.3, 0.4) is 0 Å². The predicted molar refractivity (Wildman–Crippen MR) is 74.6 cm³/mol. The van der Waals surface area contributed by atoms with Crippen LogP contribution >= 0.6 is 15.9 Å². The number of hydrogen-bond acceptors (Lipinski definition) is 3. The molecular formula is C13H19BrN2O2. The first-order valence-electron chi connectivity index (χ1n) is 6.11. The minimum atomic E-state index is -0.132. The molecule has 0 unspecified atom stereocenters. The molecule has 100 valence electrons. The van der Waals surface area contributed by atoms with Crippen molar-refractivity contribution in [3.63, 3.8) is 0 Å². The molecule has 1 heterocycles. The average molecular weight is 315 g/mol. The lowest BCUT2D eigenvalue weighted by atomic mass is 10.3. The van der Waals surface area contributed by atoms with E-state index in [-0.39, 0.29) is 12.0 Å². The van der Waals surface area contributed by atoms with Crippen LogP contribution in [0, 0.1) is 0 Å². The van der Waals surface area contributed by atoms with Crippen LogP contribution in [-0.2, 0) is 4.74 Å². The van der Waals surface area contributed by atoms with Gasteiger partial charge >= 0.3 is 0 Å². The molecule has 0 aliphatic heterocycles. The van der Waals surface area contributed by atoms with Crippen LogP contribution in [0.5, 0.6) is 0 Å². The van der Waals surface area contributed by atoms with Gasteiger partial charge in [0.15, 0.2) is 0 Å². The molecular weight excluding hydrogens is 296 g/mol. The van der Waals surface area contributed by atoms with Crippen molar-refractivity contribution >= 4 is 21.8 Å². The summed E-state index contributed by atoms with van der Waals surface area (Å²) in [6.45, 7) is 5.42. The number of nitrogens with zero attached hydrogens (tertiary/aromatic N) is 1. The molecule has 1 amide bonds. The molecule has 5 heteroatoms. The second-order valence-corrected chi connectivity index (χ2v) is 5.16. The Morgan fingerprint density at radius 1 is 1.44 bits per heavy atom. The van der Waals surface area contributed by atoms with Gasteiger partial charge in [0.05, 0.1) is 6.10 Å². The molecule has 0 fully saturated rings. The predicted octanol–water partition coefficient (Wildman–Crippen LogP) is 2.78. The van der Waals surface area contributed by atoms with Crippen molar-refractivity contribution in [2.24, 2.45) is 0 Å². The smallest absolute Gasteiger partial charge is 0.269 e. The second kappa shape index (κ2) is 8.21. The van der Waals surface area contributed by atoms with Crippen molar-refractivity contribution in [3.05, 3.63) is 28.5 Å². The number of ether oxygens (including phenoxy) is 1. The van der Waals surface area contributed by atoms with Crippen molar-refractivity contribution in [3.8, 4) is 0 Å². The van der Waals surface area contributed by atoms with E-state index in [0.29, 0.717) is 12.2 Å². The lowest BCUT2D eigenvalue weighted by Crippen LogP contribution is -2.25. The minimum Gasteiger partial charge on any atom is -0.379 e. The lowest BCUT2D eigenvalue weighted by molar-refractivity contribution is 0.0754. The average Bonchev–Trinajstić information content (AvgIpc) is 2.34. The summed E-state index contributed by atoms with van der Waals surface area (Å²) < 4.78 is 6.28. The van der Waals surface area contributed by atoms with Crippen LogP contribution in [-0.4, -0.2) is 30.1 Å². The fourth-order valence-electron chi connectivity index (χ4n) is 1.35. The highest BCUT2D eigenvalue weighted by Crippen LogP contribution is 2.07. The minimum absolute atomic E-state index is 0.132. The van der Waals surface area contributed by atoms with Crippen molar-refractivity contribution in [2.45, 2.75) is 32.8 Å². The maximum Gasteiger partial charge on any atom is 0.269 e. The Morgan fingerprint density at radius 3 is 2.83 bits per heavy atom. The molecule has 0 aliphatic carbocycles. The van der Waals surface area contributed by atoms with Crippen LogP contribution in [0.4, 0.5) is 0 Å². The van der Waals surface area contributed by atoms with Gasteiger partial charge in [0, 0.05) is 23.8 Å². The Morgan fingerprint density at radius 2 is 2.22 bits per heavy atom. The SMILES string of the molecule is CC(C)OCCCCNC(=O)c1ccc(Br)cn1. The summed E-state index contributed by atoms with van der Waals surface area (Å²) in [6.07, 6.45) is 3.75. The first kappa shape index (κ1) is 15.1. The molecule has 0 spiro atoms. The largest absolute Gasteiger partial charge is 0.379 e.